The maximum Gasteiger partial charge on any atom is 0.326 e. The van der Waals surface area contributed by atoms with Crippen LogP contribution in [0.15, 0.2) is 24.3 Å². The van der Waals surface area contributed by atoms with E-state index in [1.54, 1.807) is 23.9 Å². The molecule has 0 aliphatic rings. The number of thioether (sulfide) groups is 1. The Hall–Kier alpha value is -1.49. The zero-order chi connectivity index (χ0) is 15.1. The van der Waals surface area contributed by atoms with E-state index in [1.165, 1.54) is 0 Å². The molecule has 0 spiro atoms. The van der Waals surface area contributed by atoms with Gasteiger partial charge in [-0.15, -0.1) is 0 Å². The molecule has 1 atom stereocenters. The molecule has 0 saturated heterocycles. The van der Waals surface area contributed by atoms with Gasteiger partial charge in [-0.25, -0.2) is 4.79 Å². The number of benzene rings is 1. The first-order valence-electron chi connectivity index (χ1n) is 6.55. The summed E-state index contributed by atoms with van der Waals surface area (Å²) in [7, 11) is 0. The molecule has 0 saturated carbocycles. The lowest BCUT2D eigenvalue weighted by molar-refractivity contribution is -0.139. The Labute approximate surface area is 124 Å². The van der Waals surface area contributed by atoms with E-state index in [1.807, 2.05) is 32.2 Å². The SMILES string of the molecule is CSCc1cccc(C(=O)N[C@@H](CC(C)C)C(=O)O)c1. The number of carbonyl (C=O) groups excluding carboxylic acids is 1. The molecule has 0 fully saturated rings. The molecule has 0 unspecified atom stereocenters. The number of hydrogen-bond acceptors (Lipinski definition) is 3. The fourth-order valence-corrected chi connectivity index (χ4v) is 2.42. The third-order valence-electron chi connectivity index (χ3n) is 2.81. The number of carboxylic acid groups (broad SMARTS) is 1. The average molecular weight is 295 g/mol. The molecule has 20 heavy (non-hydrogen) atoms. The van der Waals surface area contributed by atoms with Gasteiger partial charge in [-0.2, -0.15) is 11.8 Å². The van der Waals surface area contributed by atoms with Gasteiger partial charge in [0.05, 0.1) is 0 Å². The van der Waals surface area contributed by atoms with Crippen molar-refractivity contribution in [3.8, 4) is 0 Å². The summed E-state index contributed by atoms with van der Waals surface area (Å²) >= 11 is 1.68. The summed E-state index contributed by atoms with van der Waals surface area (Å²) in [4.78, 5) is 23.3. The van der Waals surface area contributed by atoms with Crippen molar-refractivity contribution in [1.82, 2.24) is 5.32 Å². The van der Waals surface area contributed by atoms with E-state index in [4.69, 9.17) is 5.11 Å². The van der Waals surface area contributed by atoms with Crippen molar-refractivity contribution in [3.63, 3.8) is 0 Å². The van der Waals surface area contributed by atoms with Crippen LogP contribution in [0.2, 0.25) is 0 Å². The zero-order valence-electron chi connectivity index (χ0n) is 12.1. The Bertz CT molecular complexity index is 474. The Morgan fingerprint density at radius 1 is 1.35 bits per heavy atom. The molecule has 1 rings (SSSR count). The fraction of sp³-hybridized carbons (Fsp3) is 0.467. The van der Waals surface area contributed by atoms with Gasteiger partial charge in [-0.3, -0.25) is 4.79 Å². The van der Waals surface area contributed by atoms with E-state index in [0.717, 1.165) is 11.3 Å². The Morgan fingerprint density at radius 2 is 2.05 bits per heavy atom. The molecule has 0 aliphatic heterocycles. The summed E-state index contributed by atoms with van der Waals surface area (Å²) in [6, 6.07) is 6.44. The normalized spacial score (nSPS) is 12.2. The van der Waals surface area contributed by atoms with E-state index >= 15 is 0 Å². The van der Waals surface area contributed by atoms with Gasteiger partial charge in [-0.1, -0.05) is 26.0 Å². The molecular weight excluding hydrogens is 274 g/mol. The van der Waals surface area contributed by atoms with Gasteiger partial charge in [0.15, 0.2) is 0 Å². The minimum absolute atomic E-state index is 0.208. The van der Waals surface area contributed by atoms with Crippen molar-refractivity contribution < 1.29 is 14.7 Å². The number of carbonyl (C=O) groups is 2. The van der Waals surface area contributed by atoms with Crippen LogP contribution in [0, 0.1) is 5.92 Å². The molecule has 110 valence electrons. The van der Waals surface area contributed by atoms with Crippen molar-refractivity contribution in [2.24, 2.45) is 5.92 Å². The summed E-state index contributed by atoms with van der Waals surface area (Å²) in [5, 5.41) is 11.7. The van der Waals surface area contributed by atoms with Gasteiger partial charge in [0, 0.05) is 11.3 Å². The van der Waals surface area contributed by atoms with Crippen LogP contribution in [0.25, 0.3) is 0 Å². The van der Waals surface area contributed by atoms with Gasteiger partial charge in [0.1, 0.15) is 6.04 Å². The summed E-state index contributed by atoms with van der Waals surface area (Å²) in [5.41, 5.74) is 1.56. The Kier molecular flexibility index (Phi) is 6.58. The average Bonchev–Trinajstić information content (AvgIpc) is 2.38. The van der Waals surface area contributed by atoms with E-state index in [9.17, 15) is 9.59 Å². The molecule has 0 bridgehead atoms. The highest BCUT2D eigenvalue weighted by atomic mass is 32.2. The third-order valence-corrected chi connectivity index (χ3v) is 3.43. The highest BCUT2D eigenvalue weighted by Crippen LogP contribution is 2.12. The van der Waals surface area contributed by atoms with Gasteiger partial charge in [0.25, 0.3) is 5.91 Å². The first-order chi connectivity index (χ1) is 9.43. The van der Waals surface area contributed by atoms with Crippen molar-refractivity contribution in [3.05, 3.63) is 35.4 Å². The van der Waals surface area contributed by atoms with E-state index in [-0.39, 0.29) is 11.8 Å². The van der Waals surface area contributed by atoms with Crippen LogP contribution >= 0.6 is 11.8 Å². The predicted octanol–water partition coefficient (Wildman–Crippen LogP) is 2.78. The molecule has 5 heteroatoms. The zero-order valence-corrected chi connectivity index (χ0v) is 12.9. The van der Waals surface area contributed by atoms with Crippen molar-refractivity contribution in [2.75, 3.05) is 6.26 Å². The largest absolute Gasteiger partial charge is 0.480 e. The van der Waals surface area contributed by atoms with Crippen molar-refractivity contribution in [1.29, 1.82) is 0 Å². The molecular formula is C15H21NO3S. The molecule has 4 nitrogen and oxygen atoms in total. The number of nitrogens with one attached hydrogen (secondary N) is 1. The Balaban J connectivity index is 2.78. The molecule has 1 aromatic rings. The lowest BCUT2D eigenvalue weighted by Crippen LogP contribution is -2.41. The number of rotatable bonds is 7. The Morgan fingerprint density at radius 3 is 2.60 bits per heavy atom. The van der Waals surface area contributed by atoms with Gasteiger partial charge >= 0.3 is 5.97 Å². The minimum atomic E-state index is -0.993. The number of hydrogen-bond donors (Lipinski definition) is 2. The topological polar surface area (TPSA) is 66.4 Å². The summed E-state index contributed by atoms with van der Waals surface area (Å²) in [6.45, 7) is 3.86. The van der Waals surface area contributed by atoms with Crippen molar-refractivity contribution >= 4 is 23.6 Å². The van der Waals surface area contributed by atoms with Crippen LogP contribution in [0.3, 0.4) is 0 Å². The van der Waals surface area contributed by atoms with Crippen LogP contribution in [0.1, 0.15) is 36.2 Å². The molecule has 0 aromatic heterocycles. The van der Waals surface area contributed by atoms with Crippen LogP contribution in [-0.2, 0) is 10.5 Å². The van der Waals surface area contributed by atoms with E-state index < -0.39 is 12.0 Å². The first kappa shape index (κ1) is 16.6. The second-order valence-electron chi connectivity index (χ2n) is 5.13. The smallest absolute Gasteiger partial charge is 0.326 e. The van der Waals surface area contributed by atoms with Gasteiger partial charge in [0.2, 0.25) is 0 Å². The molecule has 1 amide bonds. The monoisotopic (exact) mass is 295 g/mol. The number of carboxylic acids is 1. The lowest BCUT2D eigenvalue weighted by atomic mass is 10.0. The maximum absolute atomic E-state index is 12.1. The van der Waals surface area contributed by atoms with Gasteiger partial charge in [-0.05, 0) is 36.3 Å². The number of amides is 1. The molecule has 2 N–H and O–H groups in total. The maximum atomic E-state index is 12.1. The first-order valence-corrected chi connectivity index (χ1v) is 7.95. The van der Waals surface area contributed by atoms with Gasteiger partial charge < -0.3 is 10.4 Å². The molecule has 0 heterocycles. The summed E-state index contributed by atoms with van der Waals surface area (Å²) in [5.74, 6) is -0.289. The van der Waals surface area contributed by atoms with Crippen LogP contribution in [-0.4, -0.2) is 29.3 Å². The molecule has 0 radical (unpaired) electrons. The van der Waals surface area contributed by atoms with Crippen LogP contribution < -0.4 is 5.32 Å². The third kappa shape index (κ3) is 5.25. The van der Waals surface area contributed by atoms with E-state index in [0.29, 0.717) is 12.0 Å². The lowest BCUT2D eigenvalue weighted by Gasteiger charge is -2.16. The van der Waals surface area contributed by atoms with Crippen LogP contribution in [0.4, 0.5) is 0 Å². The quantitative estimate of drug-likeness (QED) is 0.811. The van der Waals surface area contributed by atoms with E-state index in [2.05, 4.69) is 5.32 Å². The summed E-state index contributed by atoms with van der Waals surface area (Å²) in [6.07, 6.45) is 2.42. The predicted molar refractivity (Wildman–Crippen MR) is 82.0 cm³/mol. The minimum Gasteiger partial charge on any atom is -0.480 e. The van der Waals surface area contributed by atoms with Crippen molar-refractivity contribution in [2.45, 2.75) is 32.1 Å². The second kappa shape index (κ2) is 7.94. The standard InChI is InChI=1S/C15H21NO3S/c1-10(2)7-13(15(18)19)16-14(17)12-6-4-5-11(8-12)9-20-3/h4-6,8,10,13H,7,9H2,1-3H3,(H,16,17)(H,18,19)/t13-/m0/s1. The second-order valence-corrected chi connectivity index (χ2v) is 5.99. The summed E-state index contributed by atoms with van der Waals surface area (Å²) < 4.78 is 0. The number of aliphatic carboxylic acids is 1. The molecule has 0 aliphatic carbocycles. The molecule has 1 aromatic carbocycles. The van der Waals surface area contributed by atoms with Crippen LogP contribution in [0.5, 0.6) is 0 Å². The highest BCUT2D eigenvalue weighted by molar-refractivity contribution is 7.97. The highest BCUT2D eigenvalue weighted by Gasteiger charge is 2.21. The fourth-order valence-electron chi connectivity index (χ4n) is 1.90.